The van der Waals surface area contributed by atoms with Crippen molar-refractivity contribution < 1.29 is 14.3 Å². The van der Waals surface area contributed by atoms with Gasteiger partial charge in [0.15, 0.2) is 5.17 Å². The molecule has 1 amide bonds. The van der Waals surface area contributed by atoms with Crippen LogP contribution in [-0.4, -0.2) is 59.2 Å². The molecule has 2 aliphatic rings. The lowest BCUT2D eigenvalue weighted by atomic mass is 10.1. The molecule has 3 rings (SSSR count). The average molecular weight is 349 g/mol. The molecule has 1 atom stereocenters. The summed E-state index contributed by atoms with van der Waals surface area (Å²) in [4.78, 5) is 21.0. The molecule has 1 N–H and O–H groups in total. The van der Waals surface area contributed by atoms with Gasteiger partial charge in [0.2, 0.25) is 0 Å². The summed E-state index contributed by atoms with van der Waals surface area (Å²) >= 11 is 1.31. The van der Waals surface area contributed by atoms with Crippen LogP contribution in [0.1, 0.15) is 17.5 Å². The van der Waals surface area contributed by atoms with Gasteiger partial charge in [0.25, 0.3) is 5.91 Å². The monoisotopic (exact) mass is 349 g/mol. The number of rotatable bonds is 2. The number of benzene rings is 1. The maximum Gasteiger partial charge on any atom is 0.286 e. The molecule has 0 bridgehead atoms. The Balaban J connectivity index is 1.77. The van der Waals surface area contributed by atoms with Gasteiger partial charge < -0.3 is 14.9 Å². The Kier molecular flexibility index (Phi) is 4.64. The van der Waals surface area contributed by atoms with Crippen molar-refractivity contribution in [2.75, 3.05) is 27.2 Å². The highest BCUT2D eigenvalue weighted by atomic mass is 32.2. The van der Waals surface area contributed by atoms with Crippen LogP contribution in [-0.2, 0) is 4.79 Å². The second-order valence-corrected chi connectivity index (χ2v) is 7.28. The van der Waals surface area contributed by atoms with Crippen molar-refractivity contribution in [1.29, 1.82) is 0 Å². The zero-order valence-corrected chi connectivity index (χ0v) is 14.7. The van der Waals surface area contributed by atoms with Crippen LogP contribution in [0.2, 0.25) is 0 Å². The summed E-state index contributed by atoms with van der Waals surface area (Å²) in [7, 11) is 4.10. The Morgan fingerprint density at radius 1 is 1.46 bits per heavy atom. The van der Waals surface area contributed by atoms with Crippen LogP contribution in [0.15, 0.2) is 22.0 Å². The van der Waals surface area contributed by atoms with Gasteiger partial charge in [-0.15, -0.1) is 0 Å². The number of nitrogens with zero attached hydrogens (tertiary/aromatic N) is 3. The van der Waals surface area contributed by atoms with Crippen LogP contribution in [0.4, 0.5) is 4.39 Å². The van der Waals surface area contributed by atoms with E-state index in [4.69, 9.17) is 0 Å². The molecule has 1 unspecified atom stereocenters. The number of phenolic OH excluding ortho intramolecular Hbond substituents is 1. The third kappa shape index (κ3) is 3.18. The molecule has 1 fully saturated rings. The molecule has 5 nitrogen and oxygen atoms in total. The quantitative estimate of drug-likeness (QED) is 0.831. The van der Waals surface area contributed by atoms with E-state index < -0.39 is 5.82 Å². The van der Waals surface area contributed by atoms with Crippen molar-refractivity contribution in [3.63, 3.8) is 0 Å². The van der Waals surface area contributed by atoms with Gasteiger partial charge in [-0.1, -0.05) is 0 Å². The Bertz CT molecular complexity index is 746. The highest BCUT2D eigenvalue weighted by Crippen LogP contribution is 2.34. The molecule has 0 aliphatic carbocycles. The lowest BCUT2D eigenvalue weighted by Crippen LogP contribution is -2.33. The minimum atomic E-state index is -0.469. The first-order chi connectivity index (χ1) is 11.4. The Hall–Kier alpha value is -1.86. The van der Waals surface area contributed by atoms with E-state index in [1.165, 1.54) is 30.8 Å². The number of likely N-dealkylation sites (N-methyl/N-ethyl adjacent to an activating group) is 1. The fraction of sp³-hybridized carbons (Fsp3) is 0.412. The largest absolute Gasteiger partial charge is 0.507 e. The van der Waals surface area contributed by atoms with Gasteiger partial charge in [0.1, 0.15) is 11.6 Å². The van der Waals surface area contributed by atoms with Crippen molar-refractivity contribution in [2.24, 2.45) is 4.99 Å². The molecule has 0 aromatic heterocycles. The van der Waals surface area contributed by atoms with Gasteiger partial charge in [-0.3, -0.25) is 4.79 Å². The number of amides is 1. The number of hydrogen-bond donors (Lipinski definition) is 1. The molecule has 1 saturated heterocycles. The van der Waals surface area contributed by atoms with Gasteiger partial charge in [-0.25, -0.2) is 4.39 Å². The zero-order chi connectivity index (χ0) is 17.4. The molecule has 128 valence electrons. The van der Waals surface area contributed by atoms with E-state index in [1.54, 1.807) is 6.08 Å². The topological polar surface area (TPSA) is 56.1 Å². The Morgan fingerprint density at radius 3 is 2.88 bits per heavy atom. The molecule has 0 spiro atoms. The molecule has 2 aliphatic heterocycles. The minimum Gasteiger partial charge on any atom is -0.507 e. The number of phenols is 1. The van der Waals surface area contributed by atoms with Crippen LogP contribution >= 0.6 is 11.8 Å². The van der Waals surface area contributed by atoms with Crippen LogP contribution in [0.25, 0.3) is 6.08 Å². The second kappa shape index (κ2) is 6.57. The van der Waals surface area contributed by atoms with Crippen molar-refractivity contribution in [3.8, 4) is 5.75 Å². The lowest BCUT2D eigenvalue weighted by Gasteiger charge is -2.20. The predicted molar refractivity (Wildman–Crippen MR) is 94.5 cm³/mol. The molecular formula is C17H20FN3O2S. The van der Waals surface area contributed by atoms with Gasteiger partial charge in [0.05, 0.1) is 4.91 Å². The summed E-state index contributed by atoms with van der Waals surface area (Å²) in [5.41, 5.74) is 0.600. The van der Waals surface area contributed by atoms with Crippen LogP contribution in [0, 0.1) is 12.7 Å². The highest BCUT2D eigenvalue weighted by molar-refractivity contribution is 8.18. The smallest absolute Gasteiger partial charge is 0.286 e. The highest BCUT2D eigenvalue weighted by Gasteiger charge is 2.32. The molecule has 1 aromatic carbocycles. The van der Waals surface area contributed by atoms with Crippen LogP contribution in [0.3, 0.4) is 0 Å². The fourth-order valence-corrected chi connectivity index (χ4v) is 3.76. The number of aromatic hydroxyl groups is 1. The predicted octanol–water partition coefficient (Wildman–Crippen LogP) is 2.45. The summed E-state index contributed by atoms with van der Waals surface area (Å²) < 4.78 is 13.4. The number of amidine groups is 1. The van der Waals surface area contributed by atoms with Gasteiger partial charge >= 0.3 is 0 Å². The first-order valence-corrected chi connectivity index (χ1v) is 8.60. The molecule has 1 aromatic rings. The summed E-state index contributed by atoms with van der Waals surface area (Å²) in [5, 5.41) is 10.7. The average Bonchev–Trinajstić information content (AvgIpc) is 3.15. The third-order valence-electron chi connectivity index (χ3n) is 4.46. The van der Waals surface area contributed by atoms with Crippen LogP contribution < -0.4 is 0 Å². The van der Waals surface area contributed by atoms with E-state index in [0.717, 1.165) is 19.5 Å². The van der Waals surface area contributed by atoms with E-state index in [0.29, 0.717) is 21.7 Å². The van der Waals surface area contributed by atoms with E-state index in [9.17, 15) is 14.3 Å². The molecular weight excluding hydrogens is 329 g/mol. The lowest BCUT2D eigenvalue weighted by molar-refractivity contribution is -0.113. The summed E-state index contributed by atoms with van der Waals surface area (Å²) in [6.07, 6.45) is 2.61. The summed E-state index contributed by atoms with van der Waals surface area (Å²) in [6, 6.07) is 3.21. The van der Waals surface area contributed by atoms with Crippen molar-refractivity contribution in [1.82, 2.24) is 9.80 Å². The number of carbonyl (C=O) groups excluding carboxylic acids is 1. The van der Waals surface area contributed by atoms with E-state index >= 15 is 0 Å². The van der Waals surface area contributed by atoms with Gasteiger partial charge in [-0.05, 0) is 57.4 Å². The number of aliphatic imine (C=N–C) groups is 1. The molecule has 2 heterocycles. The molecule has 24 heavy (non-hydrogen) atoms. The van der Waals surface area contributed by atoms with Gasteiger partial charge in [-0.2, -0.15) is 4.99 Å². The molecule has 0 saturated carbocycles. The Labute approximate surface area is 144 Å². The normalized spacial score (nSPS) is 22.8. The van der Waals surface area contributed by atoms with Crippen LogP contribution in [0.5, 0.6) is 5.75 Å². The summed E-state index contributed by atoms with van der Waals surface area (Å²) in [6.45, 7) is 3.22. The van der Waals surface area contributed by atoms with Gasteiger partial charge in [0, 0.05) is 30.3 Å². The van der Waals surface area contributed by atoms with E-state index in [-0.39, 0.29) is 17.2 Å². The SMILES string of the molecule is Cc1c(F)ccc(/C=C2\SC(N3CCC(N(C)C)C3)=NC2=O)c1O. The van der Waals surface area contributed by atoms with Crippen molar-refractivity contribution >= 4 is 28.9 Å². The Morgan fingerprint density at radius 2 is 2.21 bits per heavy atom. The van der Waals surface area contributed by atoms with Crippen molar-refractivity contribution in [3.05, 3.63) is 34.0 Å². The minimum absolute atomic E-state index is 0.141. The molecule has 0 radical (unpaired) electrons. The fourth-order valence-electron chi connectivity index (χ4n) is 2.82. The number of thioether (sulfide) groups is 1. The van der Waals surface area contributed by atoms with E-state index in [2.05, 4.69) is 14.8 Å². The number of halogens is 1. The number of carbonyl (C=O) groups is 1. The summed E-state index contributed by atoms with van der Waals surface area (Å²) in [5.74, 6) is -0.924. The van der Waals surface area contributed by atoms with Crippen molar-refractivity contribution in [2.45, 2.75) is 19.4 Å². The maximum atomic E-state index is 13.4. The number of likely N-dealkylation sites (tertiary alicyclic amines) is 1. The maximum absolute atomic E-state index is 13.4. The second-order valence-electron chi connectivity index (χ2n) is 6.27. The zero-order valence-electron chi connectivity index (χ0n) is 13.9. The first-order valence-electron chi connectivity index (χ1n) is 7.79. The number of hydrogen-bond acceptors (Lipinski definition) is 5. The first kappa shape index (κ1) is 17.0. The third-order valence-corrected chi connectivity index (χ3v) is 5.50. The standard InChI is InChI=1S/C17H20FN3O2S/c1-10-13(18)5-4-11(15(10)22)8-14-16(23)19-17(24-14)21-7-6-12(9-21)20(2)3/h4-5,8,12,22H,6-7,9H2,1-3H3/b14-8-. The van der Waals surface area contributed by atoms with E-state index in [1.807, 2.05) is 14.1 Å². The molecule has 7 heteroatoms.